The van der Waals surface area contributed by atoms with Crippen LogP contribution in [0.1, 0.15) is 22.4 Å². The Morgan fingerprint density at radius 1 is 1.12 bits per heavy atom. The Morgan fingerprint density at radius 2 is 1.91 bits per heavy atom. The van der Waals surface area contributed by atoms with Crippen molar-refractivity contribution < 1.29 is 14.3 Å². The highest BCUT2D eigenvalue weighted by Crippen LogP contribution is 2.30. The van der Waals surface area contributed by atoms with Gasteiger partial charge < -0.3 is 25.8 Å². The number of hydrogen-bond acceptors (Lipinski definition) is 7. The van der Waals surface area contributed by atoms with E-state index in [9.17, 15) is 9.59 Å². The first kappa shape index (κ1) is 23.2. The average Bonchev–Trinajstić information content (AvgIpc) is 2.82. The van der Waals surface area contributed by atoms with Crippen LogP contribution in [0.3, 0.4) is 0 Å². The van der Waals surface area contributed by atoms with E-state index in [2.05, 4.69) is 15.6 Å². The number of ether oxygens (including phenoxy) is 2. The SMILES string of the molecule is Cc1cc(N)ccc1CNC(=O)Cn1c(C)cnc(NCCc2ccc3c(c2)OCCO3)c1=O. The summed E-state index contributed by atoms with van der Waals surface area (Å²) in [5.41, 5.74) is 9.77. The van der Waals surface area contributed by atoms with Crippen molar-refractivity contribution >= 4 is 17.4 Å². The Labute approximate surface area is 197 Å². The number of aromatic nitrogens is 2. The van der Waals surface area contributed by atoms with Crippen LogP contribution in [0.15, 0.2) is 47.4 Å². The molecular formula is C25H29N5O4. The van der Waals surface area contributed by atoms with Gasteiger partial charge in [-0.05, 0) is 61.2 Å². The molecule has 0 bridgehead atoms. The molecule has 9 heteroatoms. The normalized spacial score (nSPS) is 12.3. The summed E-state index contributed by atoms with van der Waals surface area (Å²) in [7, 11) is 0. The number of carbonyl (C=O) groups is 1. The number of aryl methyl sites for hydroxylation is 2. The third kappa shape index (κ3) is 5.48. The van der Waals surface area contributed by atoms with Crippen LogP contribution in [0.25, 0.3) is 0 Å². The number of amides is 1. The summed E-state index contributed by atoms with van der Waals surface area (Å²) in [6, 6.07) is 11.4. The maximum absolute atomic E-state index is 12.9. The van der Waals surface area contributed by atoms with Crippen LogP contribution in [-0.4, -0.2) is 35.2 Å². The average molecular weight is 464 g/mol. The molecular weight excluding hydrogens is 434 g/mol. The summed E-state index contributed by atoms with van der Waals surface area (Å²) in [6.45, 7) is 5.58. The van der Waals surface area contributed by atoms with Crippen LogP contribution >= 0.6 is 0 Å². The predicted molar refractivity (Wildman–Crippen MR) is 130 cm³/mol. The first-order valence-electron chi connectivity index (χ1n) is 11.2. The number of rotatable bonds is 8. The van der Waals surface area contributed by atoms with Gasteiger partial charge in [-0.1, -0.05) is 12.1 Å². The van der Waals surface area contributed by atoms with Gasteiger partial charge in [-0.2, -0.15) is 0 Å². The molecule has 1 aliphatic heterocycles. The topological polar surface area (TPSA) is 120 Å². The van der Waals surface area contributed by atoms with Crippen molar-refractivity contribution in [3.05, 3.63) is 75.3 Å². The fourth-order valence-corrected chi connectivity index (χ4v) is 3.77. The summed E-state index contributed by atoms with van der Waals surface area (Å²) in [4.78, 5) is 29.7. The van der Waals surface area contributed by atoms with Gasteiger partial charge in [0, 0.05) is 30.7 Å². The lowest BCUT2D eigenvalue weighted by Gasteiger charge is -2.19. The number of nitrogen functional groups attached to an aromatic ring is 1. The van der Waals surface area contributed by atoms with Crippen LogP contribution in [0, 0.1) is 13.8 Å². The molecule has 2 heterocycles. The van der Waals surface area contributed by atoms with Gasteiger partial charge in [0.15, 0.2) is 17.3 Å². The van der Waals surface area contributed by atoms with Gasteiger partial charge in [0.2, 0.25) is 5.91 Å². The van der Waals surface area contributed by atoms with Gasteiger partial charge in [0.1, 0.15) is 19.8 Å². The number of nitrogens with one attached hydrogen (secondary N) is 2. The van der Waals surface area contributed by atoms with E-state index in [1.54, 1.807) is 19.2 Å². The quantitative estimate of drug-likeness (QED) is 0.438. The molecule has 4 rings (SSSR count). The van der Waals surface area contributed by atoms with Crippen molar-refractivity contribution in [3.8, 4) is 11.5 Å². The summed E-state index contributed by atoms with van der Waals surface area (Å²) in [6.07, 6.45) is 2.26. The van der Waals surface area contributed by atoms with Gasteiger partial charge in [-0.25, -0.2) is 4.98 Å². The molecule has 1 amide bonds. The van der Waals surface area contributed by atoms with E-state index in [1.165, 1.54) is 4.57 Å². The number of anilines is 2. The molecule has 0 saturated heterocycles. The molecule has 0 saturated carbocycles. The summed E-state index contributed by atoms with van der Waals surface area (Å²) < 4.78 is 12.6. The standard InChI is InChI=1S/C25H29N5O4/c1-16-11-20(26)5-4-19(16)14-28-23(31)15-30-17(2)13-29-24(25(30)32)27-8-7-18-3-6-21-22(12-18)34-10-9-33-21/h3-6,11-13H,7-10,14-15,26H2,1-2H3,(H,27,29)(H,28,31). The Balaban J connectivity index is 1.35. The second-order valence-electron chi connectivity index (χ2n) is 8.26. The van der Waals surface area contributed by atoms with Gasteiger partial charge >= 0.3 is 0 Å². The Hall–Kier alpha value is -4.01. The molecule has 3 aromatic rings. The Bertz CT molecular complexity index is 1250. The van der Waals surface area contributed by atoms with Crippen molar-refractivity contribution in [2.75, 3.05) is 30.8 Å². The first-order valence-corrected chi connectivity index (χ1v) is 11.2. The second-order valence-corrected chi connectivity index (χ2v) is 8.26. The molecule has 9 nitrogen and oxygen atoms in total. The molecule has 0 radical (unpaired) electrons. The van der Waals surface area contributed by atoms with E-state index in [-0.39, 0.29) is 23.8 Å². The number of benzene rings is 2. The molecule has 0 unspecified atom stereocenters. The minimum absolute atomic E-state index is 0.0853. The van der Waals surface area contributed by atoms with Crippen molar-refractivity contribution in [2.45, 2.75) is 33.4 Å². The largest absolute Gasteiger partial charge is 0.486 e. The van der Waals surface area contributed by atoms with E-state index in [4.69, 9.17) is 15.2 Å². The maximum Gasteiger partial charge on any atom is 0.293 e. The minimum atomic E-state index is -0.332. The highest BCUT2D eigenvalue weighted by Gasteiger charge is 2.13. The minimum Gasteiger partial charge on any atom is -0.486 e. The molecule has 34 heavy (non-hydrogen) atoms. The zero-order valence-electron chi connectivity index (χ0n) is 19.4. The lowest BCUT2D eigenvalue weighted by Crippen LogP contribution is -2.34. The number of fused-ring (bicyclic) bond motifs is 1. The molecule has 1 aliphatic rings. The lowest BCUT2D eigenvalue weighted by molar-refractivity contribution is -0.121. The number of hydrogen-bond donors (Lipinski definition) is 3. The van der Waals surface area contributed by atoms with Gasteiger partial charge in [0.25, 0.3) is 5.56 Å². The van der Waals surface area contributed by atoms with Crippen molar-refractivity contribution in [2.24, 2.45) is 0 Å². The molecule has 4 N–H and O–H groups in total. The highest BCUT2D eigenvalue weighted by molar-refractivity contribution is 5.76. The molecule has 0 spiro atoms. The summed E-state index contributed by atoms with van der Waals surface area (Å²) in [5, 5.41) is 5.96. The van der Waals surface area contributed by atoms with Crippen LogP contribution in [-0.2, 0) is 24.3 Å². The van der Waals surface area contributed by atoms with E-state index in [0.29, 0.717) is 44.1 Å². The van der Waals surface area contributed by atoms with Gasteiger partial charge in [-0.3, -0.25) is 14.2 Å². The first-order chi connectivity index (χ1) is 16.4. The second kappa shape index (κ2) is 10.3. The van der Waals surface area contributed by atoms with Crippen molar-refractivity contribution in [3.63, 3.8) is 0 Å². The van der Waals surface area contributed by atoms with Crippen molar-refractivity contribution in [1.29, 1.82) is 0 Å². The van der Waals surface area contributed by atoms with Gasteiger partial charge in [0.05, 0.1) is 0 Å². The van der Waals surface area contributed by atoms with E-state index in [1.807, 2.05) is 37.3 Å². The Kier molecular flexibility index (Phi) is 7.01. The summed E-state index contributed by atoms with van der Waals surface area (Å²) in [5.74, 6) is 1.44. The highest BCUT2D eigenvalue weighted by atomic mass is 16.6. The van der Waals surface area contributed by atoms with Crippen LogP contribution in [0.4, 0.5) is 11.5 Å². The van der Waals surface area contributed by atoms with E-state index >= 15 is 0 Å². The molecule has 0 atom stereocenters. The fraction of sp³-hybridized carbons (Fsp3) is 0.320. The van der Waals surface area contributed by atoms with Crippen molar-refractivity contribution in [1.82, 2.24) is 14.9 Å². The molecule has 0 aliphatic carbocycles. The lowest BCUT2D eigenvalue weighted by atomic mass is 10.1. The number of carbonyl (C=O) groups excluding carboxylic acids is 1. The zero-order chi connectivity index (χ0) is 24.1. The van der Waals surface area contributed by atoms with E-state index < -0.39 is 0 Å². The molecule has 2 aromatic carbocycles. The van der Waals surface area contributed by atoms with Crippen LogP contribution in [0.2, 0.25) is 0 Å². The van der Waals surface area contributed by atoms with Crippen LogP contribution in [0.5, 0.6) is 11.5 Å². The fourth-order valence-electron chi connectivity index (χ4n) is 3.77. The zero-order valence-corrected chi connectivity index (χ0v) is 19.4. The molecule has 178 valence electrons. The number of nitrogens with two attached hydrogens (primary N) is 1. The Morgan fingerprint density at radius 3 is 2.71 bits per heavy atom. The summed E-state index contributed by atoms with van der Waals surface area (Å²) >= 11 is 0. The monoisotopic (exact) mass is 463 g/mol. The van der Waals surface area contributed by atoms with E-state index in [0.717, 1.165) is 28.2 Å². The number of nitrogens with zero attached hydrogens (tertiary/aromatic N) is 2. The third-order valence-corrected chi connectivity index (χ3v) is 5.71. The molecule has 0 fully saturated rings. The smallest absolute Gasteiger partial charge is 0.293 e. The van der Waals surface area contributed by atoms with Crippen LogP contribution < -0.4 is 31.4 Å². The molecule has 1 aromatic heterocycles. The predicted octanol–water partition coefficient (Wildman–Crippen LogP) is 2.18. The maximum atomic E-state index is 12.9. The van der Waals surface area contributed by atoms with Gasteiger partial charge in [-0.15, -0.1) is 0 Å². The third-order valence-electron chi connectivity index (χ3n) is 5.71.